The van der Waals surface area contributed by atoms with Crippen molar-refractivity contribution in [2.75, 3.05) is 4.90 Å². The smallest absolute Gasteiger partial charge is 0.259 e. The molecule has 2 heterocycles. The van der Waals surface area contributed by atoms with E-state index in [0.29, 0.717) is 11.7 Å². The Balaban J connectivity index is 1.62. The summed E-state index contributed by atoms with van der Waals surface area (Å²) in [5.41, 5.74) is 2.57. The molecule has 1 aromatic heterocycles. The maximum atomic E-state index is 13.2. The fraction of sp³-hybridized carbons (Fsp3) is 0.286. The summed E-state index contributed by atoms with van der Waals surface area (Å²) in [6.45, 7) is 4.07. The van der Waals surface area contributed by atoms with Gasteiger partial charge in [-0.05, 0) is 57.0 Å². The summed E-state index contributed by atoms with van der Waals surface area (Å²) in [6.07, 6.45) is 2.26. The Morgan fingerprint density at radius 1 is 1.15 bits per heavy atom. The highest BCUT2D eigenvalue weighted by molar-refractivity contribution is 7.99. The SMILES string of the molecule is CC(C)N1C(=O)c2ccccc2Sc2cc(-c3noc(C4CC4)n3)ccc21. The van der Waals surface area contributed by atoms with E-state index in [2.05, 4.69) is 16.2 Å². The van der Waals surface area contributed by atoms with Gasteiger partial charge in [0.15, 0.2) is 0 Å². The molecule has 1 saturated carbocycles. The fourth-order valence-electron chi connectivity index (χ4n) is 3.39. The van der Waals surface area contributed by atoms with Crippen molar-refractivity contribution in [3.8, 4) is 11.4 Å². The van der Waals surface area contributed by atoms with Crippen molar-refractivity contribution in [1.82, 2.24) is 10.1 Å². The molecule has 1 aliphatic carbocycles. The topological polar surface area (TPSA) is 59.2 Å². The normalized spacial score (nSPS) is 16.3. The summed E-state index contributed by atoms with van der Waals surface area (Å²) in [5, 5.41) is 4.16. The molecule has 6 heteroatoms. The second-order valence-electron chi connectivity index (χ2n) is 7.28. The Labute approximate surface area is 161 Å². The lowest BCUT2D eigenvalue weighted by molar-refractivity contribution is 0.0977. The van der Waals surface area contributed by atoms with Crippen LogP contribution in [0.5, 0.6) is 0 Å². The summed E-state index contributed by atoms with van der Waals surface area (Å²) < 4.78 is 5.41. The molecule has 2 aromatic carbocycles. The molecule has 0 spiro atoms. The second kappa shape index (κ2) is 6.23. The van der Waals surface area contributed by atoms with E-state index in [-0.39, 0.29) is 11.9 Å². The van der Waals surface area contributed by atoms with Crippen molar-refractivity contribution in [2.45, 2.75) is 48.4 Å². The molecule has 3 aromatic rings. The van der Waals surface area contributed by atoms with E-state index in [1.165, 1.54) is 0 Å². The molecule has 0 unspecified atom stereocenters. The van der Waals surface area contributed by atoms with Crippen LogP contribution < -0.4 is 4.90 Å². The number of aromatic nitrogens is 2. The van der Waals surface area contributed by atoms with Gasteiger partial charge < -0.3 is 9.42 Å². The van der Waals surface area contributed by atoms with E-state index < -0.39 is 0 Å². The van der Waals surface area contributed by atoms with E-state index in [1.54, 1.807) is 11.8 Å². The monoisotopic (exact) mass is 377 g/mol. The molecule has 0 saturated heterocycles. The van der Waals surface area contributed by atoms with Gasteiger partial charge in [0.2, 0.25) is 11.7 Å². The quantitative estimate of drug-likeness (QED) is 0.633. The van der Waals surface area contributed by atoms with Crippen LogP contribution in [0.2, 0.25) is 0 Å². The zero-order chi connectivity index (χ0) is 18.5. The van der Waals surface area contributed by atoms with Gasteiger partial charge in [-0.1, -0.05) is 29.1 Å². The molecule has 0 radical (unpaired) electrons. The van der Waals surface area contributed by atoms with Gasteiger partial charge in [0.1, 0.15) is 0 Å². The molecule has 0 N–H and O–H groups in total. The highest BCUT2D eigenvalue weighted by atomic mass is 32.2. The molecule has 136 valence electrons. The van der Waals surface area contributed by atoms with Crippen LogP contribution in [0.3, 0.4) is 0 Å². The second-order valence-corrected chi connectivity index (χ2v) is 8.36. The summed E-state index contributed by atoms with van der Waals surface area (Å²) in [5.74, 6) is 1.81. The van der Waals surface area contributed by atoms with Crippen LogP contribution in [0.4, 0.5) is 5.69 Å². The number of hydrogen-bond acceptors (Lipinski definition) is 5. The van der Waals surface area contributed by atoms with Gasteiger partial charge in [0, 0.05) is 27.3 Å². The lowest BCUT2D eigenvalue weighted by Gasteiger charge is -2.27. The number of nitrogens with zero attached hydrogens (tertiary/aromatic N) is 3. The van der Waals surface area contributed by atoms with Gasteiger partial charge in [-0.25, -0.2) is 0 Å². The van der Waals surface area contributed by atoms with Crippen molar-refractivity contribution in [1.29, 1.82) is 0 Å². The van der Waals surface area contributed by atoms with Crippen molar-refractivity contribution >= 4 is 23.4 Å². The van der Waals surface area contributed by atoms with Gasteiger partial charge in [-0.3, -0.25) is 4.79 Å². The van der Waals surface area contributed by atoms with Gasteiger partial charge in [-0.15, -0.1) is 0 Å². The molecule has 0 bridgehead atoms. The lowest BCUT2D eigenvalue weighted by Crippen LogP contribution is -2.36. The first-order valence-electron chi connectivity index (χ1n) is 9.20. The fourth-order valence-corrected chi connectivity index (χ4v) is 4.49. The van der Waals surface area contributed by atoms with Crippen LogP contribution in [0, 0.1) is 0 Å². The summed E-state index contributed by atoms with van der Waals surface area (Å²) in [4.78, 5) is 21.6. The summed E-state index contributed by atoms with van der Waals surface area (Å²) in [6, 6.07) is 13.9. The number of fused-ring (bicyclic) bond motifs is 2. The number of rotatable bonds is 3. The Kier molecular flexibility index (Phi) is 3.82. The number of carbonyl (C=O) groups is 1. The predicted octanol–water partition coefficient (Wildman–Crippen LogP) is 5.13. The number of carbonyl (C=O) groups excluding carboxylic acids is 1. The molecule has 1 fully saturated rings. The Morgan fingerprint density at radius 3 is 2.74 bits per heavy atom. The minimum atomic E-state index is 0.0372. The van der Waals surface area contributed by atoms with Gasteiger partial charge in [0.05, 0.1) is 11.3 Å². The third-order valence-electron chi connectivity index (χ3n) is 4.92. The van der Waals surface area contributed by atoms with Gasteiger partial charge in [0.25, 0.3) is 5.91 Å². The predicted molar refractivity (Wildman–Crippen MR) is 104 cm³/mol. The van der Waals surface area contributed by atoms with Gasteiger partial charge >= 0.3 is 0 Å². The standard InChI is InChI=1S/C21H19N3O2S/c1-12(2)24-16-10-9-14(19-22-20(26-23-19)13-7-8-13)11-18(16)27-17-6-4-3-5-15(17)21(24)25/h3-6,9-13H,7-8H2,1-2H3. The maximum absolute atomic E-state index is 13.2. The van der Waals surface area contributed by atoms with Crippen molar-refractivity contribution < 1.29 is 9.32 Å². The zero-order valence-electron chi connectivity index (χ0n) is 15.2. The van der Waals surface area contributed by atoms with Crippen LogP contribution >= 0.6 is 11.8 Å². The first kappa shape index (κ1) is 16.6. The average molecular weight is 377 g/mol. The van der Waals surface area contributed by atoms with E-state index in [1.807, 2.05) is 55.1 Å². The lowest BCUT2D eigenvalue weighted by atomic mass is 10.1. The highest BCUT2D eigenvalue weighted by Gasteiger charge is 2.31. The minimum absolute atomic E-state index is 0.0372. The molecule has 27 heavy (non-hydrogen) atoms. The van der Waals surface area contributed by atoms with Crippen LogP contribution in [0.25, 0.3) is 11.4 Å². The third kappa shape index (κ3) is 2.84. The summed E-state index contributed by atoms with van der Waals surface area (Å²) in [7, 11) is 0. The Morgan fingerprint density at radius 2 is 1.96 bits per heavy atom. The largest absolute Gasteiger partial charge is 0.339 e. The molecular weight excluding hydrogens is 358 g/mol. The molecule has 0 atom stereocenters. The van der Waals surface area contributed by atoms with Crippen molar-refractivity contribution in [2.24, 2.45) is 0 Å². The first-order chi connectivity index (χ1) is 13.1. The minimum Gasteiger partial charge on any atom is -0.339 e. The molecular formula is C21H19N3O2S. The number of anilines is 1. The van der Waals surface area contributed by atoms with Crippen LogP contribution in [-0.4, -0.2) is 22.1 Å². The number of benzene rings is 2. The highest BCUT2D eigenvalue weighted by Crippen LogP contribution is 2.44. The van der Waals surface area contributed by atoms with Gasteiger partial charge in [-0.2, -0.15) is 4.98 Å². The Hall–Kier alpha value is -2.60. The van der Waals surface area contributed by atoms with Crippen molar-refractivity contribution in [3.63, 3.8) is 0 Å². The molecule has 5 rings (SSSR count). The van der Waals surface area contributed by atoms with Crippen LogP contribution in [0.15, 0.2) is 56.8 Å². The summed E-state index contributed by atoms with van der Waals surface area (Å²) >= 11 is 1.61. The first-order valence-corrected chi connectivity index (χ1v) is 10.0. The molecule has 5 nitrogen and oxygen atoms in total. The maximum Gasteiger partial charge on any atom is 0.259 e. The molecule has 1 aliphatic heterocycles. The van der Waals surface area contributed by atoms with Crippen LogP contribution in [0.1, 0.15) is 48.9 Å². The molecule has 2 aliphatic rings. The van der Waals surface area contributed by atoms with E-state index >= 15 is 0 Å². The third-order valence-corrected chi connectivity index (χ3v) is 6.04. The van der Waals surface area contributed by atoms with E-state index in [0.717, 1.165) is 45.3 Å². The van der Waals surface area contributed by atoms with E-state index in [9.17, 15) is 4.79 Å². The average Bonchev–Trinajstić information content (AvgIpc) is 3.41. The Bertz CT molecular complexity index is 1040. The number of hydrogen-bond donors (Lipinski definition) is 0. The molecule has 1 amide bonds. The van der Waals surface area contributed by atoms with Crippen molar-refractivity contribution in [3.05, 3.63) is 53.9 Å². The van der Waals surface area contributed by atoms with Crippen LogP contribution in [-0.2, 0) is 0 Å². The number of amides is 1. The van der Waals surface area contributed by atoms with E-state index in [4.69, 9.17) is 4.52 Å². The zero-order valence-corrected chi connectivity index (χ0v) is 16.0.